The van der Waals surface area contributed by atoms with Gasteiger partial charge in [-0.05, 0) is 60.4 Å². The van der Waals surface area contributed by atoms with Crippen LogP contribution in [0, 0.1) is 0 Å². The van der Waals surface area contributed by atoms with Crippen molar-refractivity contribution in [2.24, 2.45) is 0 Å². The zero-order chi connectivity index (χ0) is 18.6. The van der Waals surface area contributed by atoms with Crippen LogP contribution < -0.4 is 9.64 Å². The van der Waals surface area contributed by atoms with E-state index in [9.17, 15) is 0 Å². The molecule has 0 bridgehead atoms. The highest BCUT2D eigenvalue weighted by atomic mass is 35.5. The number of piperazine rings is 1. The molecule has 2 heterocycles. The first-order chi connectivity index (χ1) is 13.2. The lowest BCUT2D eigenvalue weighted by Crippen LogP contribution is -2.46. The van der Waals surface area contributed by atoms with E-state index in [1.807, 2.05) is 18.2 Å². The van der Waals surface area contributed by atoms with Crippen LogP contribution >= 0.6 is 36.4 Å². The van der Waals surface area contributed by atoms with Gasteiger partial charge in [-0.2, -0.15) is 0 Å². The van der Waals surface area contributed by atoms with Gasteiger partial charge in [0.25, 0.3) is 0 Å². The molecule has 1 fully saturated rings. The van der Waals surface area contributed by atoms with Crippen LogP contribution in [0.2, 0.25) is 5.02 Å². The lowest BCUT2D eigenvalue weighted by Gasteiger charge is -2.37. The summed E-state index contributed by atoms with van der Waals surface area (Å²) >= 11 is 6.14. The Morgan fingerprint density at radius 1 is 1.03 bits per heavy atom. The van der Waals surface area contributed by atoms with Crippen molar-refractivity contribution < 1.29 is 9.47 Å². The van der Waals surface area contributed by atoms with E-state index in [-0.39, 0.29) is 30.9 Å². The van der Waals surface area contributed by atoms with Crippen molar-refractivity contribution in [3.05, 3.63) is 58.6 Å². The fourth-order valence-electron chi connectivity index (χ4n) is 4.07. The molecule has 0 aromatic heterocycles. The van der Waals surface area contributed by atoms with Crippen LogP contribution in [0.3, 0.4) is 0 Å². The van der Waals surface area contributed by atoms with Gasteiger partial charge in [-0.15, -0.1) is 24.8 Å². The maximum absolute atomic E-state index is 6.14. The number of nitrogens with zero attached hydrogens (tertiary/aromatic N) is 2. The molecule has 0 saturated carbocycles. The molecule has 0 N–H and O–H groups in total. The summed E-state index contributed by atoms with van der Waals surface area (Å²) in [5, 5.41) is 0.823. The fourth-order valence-corrected chi connectivity index (χ4v) is 4.26. The number of hydrogen-bond donors (Lipinski definition) is 0. The van der Waals surface area contributed by atoms with Crippen molar-refractivity contribution in [3.8, 4) is 5.75 Å². The smallest absolute Gasteiger partial charge is 0.119 e. The van der Waals surface area contributed by atoms with Crippen LogP contribution in [0.5, 0.6) is 5.75 Å². The van der Waals surface area contributed by atoms with E-state index in [4.69, 9.17) is 21.1 Å². The molecule has 4 rings (SSSR count). The molecular formula is C22H29Cl3N2O2. The van der Waals surface area contributed by atoms with Crippen molar-refractivity contribution in [3.63, 3.8) is 0 Å². The SMILES string of the molecule is COc1ccc(N2CCN(CCC3OCCc4cc(Cl)ccc43)CC2)cc1.Cl.Cl. The Morgan fingerprint density at radius 3 is 2.45 bits per heavy atom. The molecule has 2 aromatic carbocycles. The third-order valence-electron chi connectivity index (χ3n) is 5.66. The highest BCUT2D eigenvalue weighted by Crippen LogP contribution is 2.31. The molecule has 160 valence electrons. The lowest BCUT2D eigenvalue weighted by molar-refractivity contribution is 0.0289. The van der Waals surface area contributed by atoms with Crippen molar-refractivity contribution in [2.75, 3.05) is 51.3 Å². The Balaban J connectivity index is 0.00000150. The summed E-state index contributed by atoms with van der Waals surface area (Å²) in [4.78, 5) is 5.00. The second kappa shape index (κ2) is 11.3. The standard InChI is InChI=1S/C22H27ClN2O2.2ClH/c1-26-20-5-3-19(4-6-20)25-13-11-24(12-14-25)10-8-22-21-7-2-18(23)16-17(21)9-15-27-22;;/h2-7,16,22H,8-15H2,1H3;2*1H. The maximum atomic E-state index is 6.14. The van der Waals surface area contributed by atoms with E-state index in [0.29, 0.717) is 0 Å². The first-order valence-corrected chi connectivity index (χ1v) is 10.1. The number of hydrogen-bond acceptors (Lipinski definition) is 4. The summed E-state index contributed by atoms with van der Waals surface area (Å²) in [5.41, 5.74) is 3.95. The second-order valence-corrected chi connectivity index (χ2v) is 7.70. The van der Waals surface area contributed by atoms with Gasteiger partial charge in [0, 0.05) is 43.4 Å². The first-order valence-electron chi connectivity index (χ1n) is 9.74. The Kier molecular flexibility index (Phi) is 9.38. The second-order valence-electron chi connectivity index (χ2n) is 7.27. The van der Waals surface area contributed by atoms with E-state index >= 15 is 0 Å². The van der Waals surface area contributed by atoms with Gasteiger partial charge in [0.15, 0.2) is 0 Å². The van der Waals surface area contributed by atoms with Crippen molar-refractivity contribution in [2.45, 2.75) is 18.9 Å². The quantitative estimate of drug-likeness (QED) is 0.627. The average molecular weight is 460 g/mol. The van der Waals surface area contributed by atoms with E-state index in [1.54, 1.807) is 7.11 Å². The number of ether oxygens (including phenoxy) is 2. The first kappa shape index (κ1) is 24.1. The number of halogens is 3. The van der Waals surface area contributed by atoms with E-state index in [1.165, 1.54) is 16.8 Å². The minimum Gasteiger partial charge on any atom is -0.497 e. The van der Waals surface area contributed by atoms with E-state index < -0.39 is 0 Å². The minimum absolute atomic E-state index is 0. The molecule has 0 radical (unpaired) electrons. The van der Waals surface area contributed by atoms with Gasteiger partial charge in [-0.3, -0.25) is 4.90 Å². The van der Waals surface area contributed by atoms with Gasteiger partial charge < -0.3 is 14.4 Å². The molecule has 0 spiro atoms. The number of methoxy groups -OCH3 is 1. The van der Waals surface area contributed by atoms with Crippen LogP contribution in [0.4, 0.5) is 5.69 Å². The zero-order valence-electron chi connectivity index (χ0n) is 16.7. The zero-order valence-corrected chi connectivity index (χ0v) is 19.1. The number of fused-ring (bicyclic) bond motifs is 1. The third-order valence-corrected chi connectivity index (χ3v) is 5.89. The van der Waals surface area contributed by atoms with Gasteiger partial charge in [0.2, 0.25) is 0 Å². The summed E-state index contributed by atoms with van der Waals surface area (Å²) in [6, 6.07) is 14.6. The van der Waals surface area contributed by atoms with Crippen LogP contribution in [0.25, 0.3) is 0 Å². The van der Waals surface area contributed by atoms with Gasteiger partial charge in [-0.1, -0.05) is 17.7 Å². The predicted octanol–water partition coefficient (Wildman–Crippen LogP) is 5.02. The van der Waals surface area contributed by atoms with Gasteiger partial charge >= 0.3 is 0 Å². The summed E-state index contributed by atoms with van der Waals surface area (Å²) in [6.07, 6.45) is 2.20. The molecule has 2 aliphatic rings. The largest absolute Gasteiger partial charge is 0.497 e. The fraction of sp³-hybridized carbons (Fsp3) is 0.455. The molecule has 1 saturated heterocycles. The van der Waals surface area contributed by atoms with Gasteiger partial charge in [0.05, 0.1) is 19.8 Å². The van der Waals surface area contributed by atoms with Crippen LogP contribution in [0.1, 0.15) is 23.7 Å². The highest BCUT2D eigenvalue weighted by Gasteiger charge is 2.23. The van der Waals surface area contributed by atoms with Crippen LogP contribution in [-0.2, 0) is 11.2 Å². The summed E-state index contributed by atoms with van der Waals surface area (Å²) in [5.74, 6) is 0.909. The van der Waals surface area contributed by atoms with Crippen LogP contribution in [-0.4, -0.2) is 51.3 Å². The minimum atomic E-state index is 0. The molecule has 0 aliphatic carbocycles. The maximum Gasteiger partial charge on any atom is 0.119 e. The average Bonchev–Trinajstić information content (AvgIpc) is 2.72. The topological polar surface area (TPSA) is 24.9 Å². The molecule has 0 amide bonds. The molecular weight excluding hydrogens is 431 g/mol. The molecule has 7 heteroatoms. The van der Waals surface area contributed by atoms with Gasteiger partial charge in [-0.25, -0.2) is 0 Å². The predicted molar refractivity (Wildman–Crippen MR) is 125 cm³/mol. The number of anilines is 1. The summed E-state index contributed by atoms with van der Waals surface area (Å²) < 4.78 is 11.3. The molecule has 4 nitrogen and oxygen atoms in total. The van der Waals surface area contributed by atoms with Crippen molar-refractivity contribution in [1.82, 2.24) is 4.90 Å². The Bertz CT molecular complexity index is 765. The number of benzene rings is 2. The number of rotatable bonds is 5. The van der Waals surface area contributed by atoms with Gasteiger partial charge in [0.1, 0.15) is 5.75 Å². The third kappa shape index (κ3) is 5.93. The Hall–Kier alpha value is -1.17. The molecule has 2 aromatic rings. The lowest BCUT2D eigenvalue weighted by atomic mass is 9.95. The highest BCUT2D eigenvalue weighted by molar-refractivity contribution is 6.30. The van der Waals surface area contributed by atoms with E-state index in [2.05, 4.69) is 34.1 Å². The molecule has 1 unspecified atom stereocenters. The van der Waals surface area contributed by atoms with Crippen molar-refractivity contribution in [1.29, 1.82) is 0 Å². The Morgan fingerprint density at radius 2 is 1.76 bits per heavy atom. The monoisotopic (exact) mass is 458 g/mol. The summed E-state index contributed by atoms with van der Waals surface area (Å²) in [6.45, 7) is 6.17. The summed E-state index contributed by atoms with van der Waals surface area (Å²) in [7, 11) is 1.71. The molecule has 2 aliphatic heterocycles. The normalized spacial score (nSPS) is 19.0. The van der Waals surface area contributed by atoms with E-state index in [0.717, 1.165) is 62.9 Å². The molecule has 1 atom stereocenters. The van der Waals surface area contributed by atoms with Crippen molar-refractivity contribution >= 4 is 42.1 Å². The van der Waals surface area contributed by atoms with Crippen LogP contribution in [0.15, 0.2) is 42.5 Å². The molecule has 29 heavy (non-hydrogen) atoms. The Labute approximate surface area is 190 Å².